The van der Waals surface area contributed by atoms with Gasteiger partial charge in [-0.3, -0.25) is 0 Å². The third-order valence-corrected chi connectivity index (χ3v) is 5.00. The molecule has 0 aliphatic carbocycles. The highest BCUT2D eigenvalue weighted by Gasteiger charge is 2.26. The van der Waals surface area contributed by atoms with Crippen LogP contribution in [0.4, 0.5) is 5.82 Å². The summed E-state index contributed by atoms with van der Waals surface area (Å²) < 4.78 is 4.96. The summed E-state index contributed by atoms with van der Waals surface area (Å²) in [5.74, 6) is 0.322. The standard InChI is InChI=1S/C19H17N9O2/c1-3-15(26-12(2)9-16(23-26)28(29)30)17-22-19-14-10-21-27(13-7-5-4-6-8-13)18(14)20-11-25(19)24-17/h4-11,15H,3H2,1-2H3/t15-/m0/s1. The molecular formula is C19H17N9O2. The van der Waals surface area contributed by atoms with Gasteiger partial charge < -0.3 is 10.1 Å². The van der Waals surface area contributed by atoms with E-state index >= 15 is 0 Å². The predicted octanol–water partition coefficient (Wildman–Crippen LogP) is 2.88. The number of para-hydroxylation sites is 1. The van der Waals surface area contributed by atoms with Gasteiger partial charge in [-0.2, -0.15) is 9.78 Å². The summed E-state index contributed by atoms with van der Waals surface area (Å²) in [7, 11) is 0. The van der Waals surface area contributed by atoms with Crippen LogP contribution >= 0.6 is 0 Å². The number of aryl methyl sites for hydroxylation is 1. The Morgan fingerprint density at radius 3 is 2.67 bits per heavy atom. The quantitative estimate of drug-likeness (QED) is 0.327. The van der Waals surface area contributed by atoms with Gasteiger partial charge in [-0.15, -0.1) is 5.10 Å². The Hall–Kier alpha value is -4.15. The second-order valence-corrected chi connectivity index (χ2v) is 6.88. The molecule has 0 saturated carbocycles. The molecule has 0 spiro atoms. The van der Waals surface area contributed by atoms with E-state index in [1.807, 2.05) is 37.3 Å². The first kappa shape index (κ1) is 17.9. The molecule has 1 atom stereocenters. The van der Waals surface area contributed by atoms with Crippen molar-refractivity contribution in [2.24, 2.45) is 0 Å². The van der Waals surface area contributed by atoms with E-state index in [9.17, 15) is 10.1 Å². The van der Waals surface area contributed by atoms with Crippen LogP contribution in [0.3, 0.4) is 0 Å². The summed E-state index contributed by atoms with van der Waals surface area (Å²) >= 11 is 0. The lowest BCUT2D eigenvalue weighted by Crippen LogP contribution is -2.14. The minimum absolute atomic E-state index is 0.192. The highest BCUT2D eigenvalue weighted by atomic mass is 16.6. The van der Waals surface area contributed by atoms with Crippen molar-refractivity contribution in [1.82, 2.24) is 39.1 Å². The van der Waals surface area contributed by atoms with Gasteiger partial charge >= 0.3 is 5.82 Å². The number of hydrogen-bond acceptors (Lipinski definition) is 7. The molecule has 5 aromatic rings. The molecule has 0 aliphatic heterocycles. The monoisotopic (exact) mass is 403 g/mol. The van der Waals surface area contributed by atoms with Crippen molar-refractivity contribution in [1.29, 1.82) is 0 Å². The van der Waals surface area contributed by atoms with Gasteiger partial charge in [0.05, 0.1) is 34.1 Å². The van der Waals surface area contributed by atoms with E-state index in [4.69, 9.17) is 4.98 Å². The van der Waals surface area contributed by atoms with Crippen LogP contribution in [0.1, 0.15) is 30.9 Å². The Morgan fingerprint density at radius 1 is 1.17 bits per heavy atom. The van der Waals surface area contributed by atoms with Crippen molar-refractivity contribution < 1.29 is 4.92 Å². The van der Waals surface area contributed by atoms with Gasteiger partial charge in [0.1, 0.15) is 12.4 Å². The zero-order valence-electron chi connectivity index (χ0n) is 16.2. The zero-order chi connectivity index (χ0) is 20.8. The maximum Gasteiger partial charge on any atom is 0.390 e. The van der Waals surface area contributed by atoms with E-state index in [1.54, 1.807) is 33.3 Å². The Labute approximate surface area is 169 Å². The van der Waals surface area contributed by atoms with Crippen molar-refractivity contribution in [3.05, 3.63) is 70.6 Å². The zero-order valence-corrected chi connectivity index (χ0v) is 16.2. The summed E-state index contributed by atoms with van der Waals surface area (Å²) in [5.41, 5.74) is 2.86. The topological polar surface area (TPSA) is 122 Å². The van der Waals surface area contributed by atoms with Crippen LogP contribution in [-0.4, -0.2) is 44.1 Å². The molecule has 30 heavy (non-hydrogen) atoms. The molecular weight excluding hydrogens is 386 g/mol. The van der Waals surface area contributed by atoms with Crippen molar-refractivity contribution in [2.75, 3.05) is 0 Å². The van der Waals surface area contributed by atoms with Crippen molar-refractivity contribution in [2.45, 2.75) is 26.3 Å². The van der Waals surface area contributed by atoms with Crippen LogP contribution in [0.15, 0.2) is 48.9 Å². The van der Waals surface area contributed by atoms with Gasteiger partial charge in [0.2, 0.25) is 0 Å². The first-order valence-corrected chi connectivity index (χ1v) is 9.41. The number of nitrogens with zero attached hydrogens (tertiary/aromatic N) is 9. The number of nitro groups is 1. The number of fused-ring (bicyclic) bond motifs is 3. The Balaban J connectivity index is 1.63. The van der Waals surface area contributed by atoms with Gasteiger partial charge in [0.25, 0.3) is 0 Å². The Kier molecular flexibility index (Phi) is 4.02. The fourth-order valence-corrected chi connectivity index (χ4v) is 3.58. The molecule has 1 aromatic carbocycles. The van der Waals surface area contributed by atoms with E-state index in [2.05, 4.69) is 20.3 Å². The van der Waals surface area contributed by atoms with E-state index in [0.29, 0.717) is 29.2 Å². The molecule has 11 heteroatoms. The number of aromatic nitrogens is 8. The molecule has 0 amide bonds. The SMILES string of the molecule is CC[C@@H](c1nc2c3cnn(-c4ccccc4)c3ncn2n1)n1nc([N+](=O)[O-])cc1C. The van der Waals surface area contributed by atoms with E-state index in [-0.39, 0.29) is 11.9 Å². The van der Waals surface area contributed by atoms with Crippen LogP contribution in [0.25, 0.3) is 22.4 Å². The molecule has 150 valence electrons. The molecule has 0 aliphatic rings. The average Bonchev–Trinajstić information content (AvgIpc) is 3.46. The highest BCUT2D eigenvalue weighted by molar-refractivity contribution is 5.89. The summed E-state index contributed by atoms with van der Waals surface area (Å²) in [6.45, 7) is 3.74. The lowest BCUT2D eigenvalue weighted by molar-refractivity contribution is -0.389. The molecule has 4 heterocycles. The molecule has 0 saturated heterocycles. The van der Waals surface area contributed by atoms with Crippen LogP contribution in [0.2, 0.25) is 0 Å². The third kappa shape index (κ3) is 2.70. The smallest absolute Gasteiger partial charge is 0.358 e. The number of hydrogen-bond donors (Lipinski definition) is 0. The molecule has 0 fully saturated rings. The third-order valence-electron chi connectivity index (χ3n) is 5.00. The van der Waals surface area contributed by atoms with Crippen LogP contribution < -0.4 is 0 Å². The molecule has 5 rings (SSSR count). The van der Waals surface area contributed by atoms with Crippen LogP contribution in [0, 0.1) is 17.0 Å². The minimum Gasteiger partial charge on any atom is -0.358 e. The summed E-state index contributed by atoms with van der Waals surface area (Å²) in [5, 5.41) is 25.0. The first-order chi connectivity index (χ1) is 14.6. The Bertz CT molecular complexity index is 1380. The highest BCUT2D eigenvalue weighted by Crippen LogP contribution is 2.25. The minimum atomic E-state index is -0.501. The Morgan fingerprint density at radius 2 is 1.97 bits per heavy atom. The molecule has 0 radical (unpaired) electrons. The maximum absolute atomic E-state index is 11.1. The summed E-state index contributed by atoms with van der Waals surface area (Å²) in [6, 6.07) is 10.8. The lowest BCUT2D eigenvalue weighted by atomic mass is 10.2. The second-order valence-electron chi connectivity index (χ2n) is 6.88. The molecule has 11 nitrogen and oxygen atoms in total. The van der Waals surface area contributed by atoms with Crippen molar-refractivity contribution in [3.8, 4) is 5.69 Å². The van der Waals surface area contributed by atoms with Crippen LogP contribution in [0.5, 0.6) is 0 Å². The van der Waals surface area contributed by atoms with Gasteiger partial charge in [0, 0.05) is 0 Å². The van der Waals surface area contributed by atoms with E-state index in [0.717, 1.165) is 11.1 Å². The van der Waals surface area contributed by atoms with Gasteiger partial charge in [-0.25, -0.2) is 19.2 Å². The first-order valence-electron chi connectivity index (χ1n) is 9.41. The number of benzene rings is 1. The molecule has 4 aromatic heterocycles. The number of rotatable bonds is 5. The van der Waals surface area contributed by atoms with Crippen molar-refractivity contribution >= 4 is 22.5 Å². The summed E-state index contributed by atoms with van der Waals surface area (Å²) in [6.07, 6.45) is 3.94. The van der Waals surface area contributed by atoms with Gasteiger partial charge in [-0.1, -0.05) is 25.1 Å². The largest absolute Gasteiger partial charge is 0.390 e. The van der Waals surface area contributed by atoms with Crippen LogP contribution in [-0.2, 0) is 0 Å². The van der Waals surface area contributed by atoms with E-state index < -0.39 is 4.92 Å². The van der Waals surface area contributed by atoms with Gasteiger partial charge in [-0.05, 0) is 30.4 Å². The molecule has 0 N–H and O–H groups in total. The van der Waals surface area contributed by atoms with Crippen molar-refractivity contribution in [3.63, 3.8) is 0 Å². The maximum atomic E-state index is 11.1. The molecule has 0 unspecified atom stereocenters. The van der Waals surface area contributed by atoms with E-state index in [1.165, 1.54) is 6.07 Å². The summed E-state index contributed by atoms with van der Waals surface area (Å²) in [4.78, 5) is 19.8. The predicted molar refractivity (Wildman–Crippen MR) is 107 cm³/mol. The normalized spacial score (nSPS) is 12.6. The fraction of sp³-hybridized carbons (Fsp3) is 0.211. The fourth-order valence-electron chi connectivity index (χ4n) is 3.58. The molecule has 0 bridgehead atoms. The lowest BCUT2D eigenvalue weighted by Gasteiger charge is -2.09. The average molecular weight is 403 g/mol. The van der Waals surface area contributed by atoms with Gasteiger partial charge in [0.15, 0.2) is 17.1 Å². The second kappa shape index (κ2) is 6.72.